The molecule has 2 fully saturated rings. The second-order valence-electron chi connectivity index (χ2n) is 7.42. The number of nitrogens with zero attached hydrogens (tertiary/aromatic N) is 4. The van der Waals surface area contributed by atoms with E-state index < -0.39 is 0 Å². The van der Waals surface area contributed by atoms with Crippen LogP contribution in [0.4, 0.5) is 5.95 Å². The summed E-state index contributed by atoms with van der Waals surface area (Å²) in [6.07, 6.45) is 6.11. The molecule has 0 bridgehead atoms. The molecule has 2 heterocycles. The molecule has 144 valence electrons. The zero-order valence-electron chi connectivity index (χ0n) is 15.8. The first-order chi connectivity index (χ1) is 13.2. The van der Waals surface area contributed by atoms with Crippen molar-refractivity contribution in [3.63, 3.8) is 0 Å². The smallest absolute Gasteiger partial charge is 0.230 e. The standard InChI is InChI=1S/C20H27N5OS/c1-15(16-8-4-2-5-9-16)21-18(26)14-27-20-23-22-19(25(20)17-10-11-17)24-12-6-3-7-13-24/h2,4-5,8-9,15,17H,3,6-7,10-14H2,1H3,(H,21,26). The van der Waals surface area contributed by atoms with E-state index in [9.17, 15) is 4.79 Å². The lowest BCUT2D eigenvalue weighted by molar-refractivity contribution is -0.119. The first-order valence-electron chi connectivity index (χ1n) is 9.89. The molecule has 1 aliphatic carbocycles. The van der Waals surface area contributed by atoms with Crippen LogP contribution in [0, 0.1) is 0 Å². The number of hydrogen-bond acceptors (Lipinski definition) is 5. The van der Waals surface area contributed by atoms with Crippen LogP contribution in [0.15, 0.2) is 35.5 Å². The van der Waals surface area contributed by atoms with Crippen molar-refractivity contribution < 1.29 is 4.79 Å². The van der Waals surface area contributed by atoms with Crippen molar-refractivity contribution in [1.82, 2.24) is 20.1 Å². The van der Waals surface area contributed by atoms with Gasteiger partial charge in [-0.25, -0.2) is 0 Å². The minimum Gasteiger partial charge on any atom is -0.349 e. The van der Waals surface area contributed by atoms with Crippen LogP contribution in [-0.4, -0.2) is 39.5 Å². The summed E-state index contributed by atoms with van der Waals surface area (Å²) in [6.45, 7) is 4.13. The number of piperidine rings is 1. The molecule has 1 saturated heterocycles. The Kier molecular flexibility index (Phi) is 5.66. The number of nitrogens with one attached hydrogen (secondary N) is 1. The normalized spacial score (nSPS) is 18.3. The Hall–Kier alpha value is -2.02. The predicted octanol–water partition coefficient (Wildman–Crippen LogP) is 3.57. The zero-order valence-corrected chi connectivity index (χ0v) is 16.6. The van der Waals surface area contributed by atoms with Gasteiger partial charge in [-0.3, -0.25) is 9.36 Å². The third-order valence-corrected chi connectivity index (χ3v) is 6.15. The molecule has 1 unspecified atom stereocenters. The van der Waals surface area contributed by atoms with E-state index in [4.69, 9.17) is 0 Å². The molecule has 1 aromatic carbocycles. The lowest BCUT2D eigenvalue weighted by Crippen LogP contribution is -2.32. The molecular formula is C20H27N5OS. The van der Waals surface area contributed by atoms with Gasteiger partial charge in [-0.1, -0.05) is 42.1 Å². The minimum atomic E-state index is 0.00418. The van der Waals surface area contributed by atoms with Gasteiger partial charge in [-0.05, 0) is 44.6 Å². The Balaban J connectivity index is 1.38. The maximum absolute atomic E-state index is 12.4. The van der Waals surface area contributed by atoms with Gasteiger partial charge in [0.1, 0.15) is 0 Å². The summed E-state index contributed by atoms with van der Waals surface area (Å²) in [5.41, 5.74) is 1.12. The molecule has 1 saturated carbocycles. The van der Waals surface area contributed by atoms with E-state index in [0.29, 0.717) is 11.8 Å². The highest BCUT2D eigenvalue weighted by molar-refractivity contribution is 7.99. The summed E-state index contributed by atoms with van der Waals surface area (Å²) < 4.78 is 2.27. The van der Waals surface area contributed by atoms with E-state index >= 15 is 0 Å². The largest absolute Gasteiger partial charge is 0.349 e. The number of carbonyl (C=O) groups is 1. The van der Waals surface area contributed by atoms with Crippen molar-refractivity contribution >= 4 is 23.6 Å². The molecule has 0 radical (unpaired) electrons. The molecule has 1 amide bonds. The van der Waals surface area contributed by atoms with Gasteiger partial charge in [0, 0.05) is 19.1 Å². The van der Waals surface area contributed by atoms with Gasteiger partial charge in [0.2, 0.25) is 11.9 Å². The molecule has 1 N–H and O–H groups in total. The molecule has 27 heavy (non-hydrogen) atoms. The summed E-state index contributed by atoms with van der Waals surface area (Å²) in [5, 5.41) is 12.8. The molecule has 0 spiro atoms. The van der Waals surface area contributed by atoms with Crippen LogP contribution in [0.25, 0.3) is 0 Å². The van der Waals surface area contributed by atoms with E-state index in [2.05, 4.69) is 25.0 Å². The molecule has 6 nitrogen and oxygen atoms in total. The van der Waals surface area contributed by atoms with Gasteiger partial charge in [0.25, 0.3) is 0 Å². The molecule has 1 aliphatic heterocycles. The molecular weight excluding hydrogens is 358 g/mol. The summed E-state index contributed by atoms with van der Waals surface area (Å²) >= 11 is 1.50. The highest BCUT2D eigenvalue weighted by Crippen LogP contribution is 2.41. The number of thioether (sulfide) groups is 1. The second-order valence-corrected chi connectivity index (χ2v) is 8.36. The van der Waals surface area contributed by atoms with Crippen LogP contribution in [0.5, 0.6) is 0 Å². The molecule has 7 heteroatoms. The van der Waals surface area contributed by atoms with Gasteiger partial charge in [0.15, 0.2) is 5.16 Å². The Labute approximate surface area is 164 Å². The number of amides is 1. The van der Waals surface area contributed by atoms with E-state index in [1.54, 1.807) is 0 Å². The summed E-state index contributed by atoms with van der Waals surface area (Å²) in [4.78, 5) is 14.8. The fraction of sp³-hybridized carbons (Fsp3) is 0.550. The summed E-state index contributed by atoms with van der Waals surface area (Å²) in [5.74, 6) is 1.39. The van der Waals surface area contributed by atoms with E-state index in [-0.39, 0.29) is 11.9 Å². The van der Waals surface area contributed by atoms with Gasteiger partial charge < -0.3 is 10.2 Å². The fourth-order valence-electron chi connectivity index (χ4n) is 3.57. The first kappa shape index (κ1) is 18.3. The Morgan fingerprint density at radius 3 is 2.63 bits per heavy atom. The van der Waals surface area contributed by atoms with Gasteiger partial charge >= 0.3 is 0 Å². The molecule has 1 atom stereocenters. The first-order valence-corrected chi connectivity index (χ1v) is 10.9. The van der Waals surface area contributed by atoms with Crippen LogP contribution in [-0.2, 0) is 4.79 Å². The van der Waals surface area contributed by atoms with Crippen LogP contribution in [0.3, 0.4) is 0 Å². The number of hydrogen-bond donors (Lipinski definition) is 1. The van der Waals surface area contributed by atoms with Crippen LogP contribution in [0.1, 0.15) is 56.7 Å². The highest BCUT2D eigenvalue weighted by Gasteiger charge is 2.32. The van der Waals surface area contributed by atoms with E-state index in [1.807, 2.05) is 37.3 Å². The van der Waals surface area contributed by atoms with Gasteiger partial charge in [-0.15, -0.1) is 10.2 Å². The molecule has 2 aromatic rings. The van der Waals surface area contributed by atoms with E-state index in [0.717, 1.165) is 29.8 Å². The Morgan fingerprint density at radius 1 is 1.19 bits per heavy atom. The number of carbonyl (C=O) groups excluding carboxylic acids is 1. The van der Waals surface area contributed by atoms with Gasteiger partial charge in [0.05, 0.1) is 11.8 Å². The Morgan fingerprint density at radius 2 is 1.93 bits per heavy atom. The van der Waals surface area contributed by atoms with Crippen molar-refractivity contribution in [3.05, 3.63) is 35.9 Å². The van der Waals surface area contributed by atoms with Crippen LogP contribution >= 0.6 is 11.8 Å². The monoisotopic (exact) mass is 385 g/mol. The molecule has 4 rings (SSSR count). The third kappa shape index (κ3) is 4.46. The lowest BCUT2D eigenvalue weighted by atomic mass is 10.1. The molecule has 2 aliphatic rings. The second kappa shape index (κ2) is 8.33. The van der Waals surface area contributed by atoms with Crippen molar-refractivity contribution in [2.45, 2.75) is 56.3 Å². The van der Waals surface area contributed by atoms with Crippen molar-refractivity contribution in [1.29, 1.82) is 0 Å². The van der Waals surface area contributed by atoms with Crippen molar-refractivity contribution in [2.75, 3.05) is 23.7 Å². The minimum absolute atomic E-state index is 0.00418. The summed E-state index contributed by atoms with van der Waals surface area (Å²) in [7, 11) is 0. The number of rotatable bonds is 7. The third-order valence-electron chi connectivity index (χ3n) is 5.21. The average Bonchev–Trinajstić information content (AvgIpc) is 3.46. The van der Waals surface area contributed by atoms with Crippen molar-refractivity contribution in [2.24, 2.45) is 0 Å². The molecule has 1 aromatic heterocycles. The average molecular weight is 386 g/mol. The maximum Gasteiger partial charge on any atom is 0.230 e. The van der Waals surface area contributed by atoms with Gasteiger partial charge in [-0.2, -0.15) is 0 Å². The fourth-order valence-corrected chi connectivity index (χ4v) is 4.38. The topological polar surface area (TPSA) is 63.1 Å². The van der Waals surface area contributed by atoms with E-state index in [1.165, 1.54) is 43.9 Å². The quantitative estimate of drug-likeness (QED) is 0.738. The zero-order chi connectivity index (χ0) is 18.6. The maximum atomic E-state index is 12.4. The Bertz CT molecular complexity index is 768. The summed E-state index contributed by atoms with van der Waals surface area (Å²) in [6, 6.07) is 10.5. The highest BCUT2D eigenvalue weighted by atomic mass is 32.2. The van der Waals surface area contributed by atoms with Crippen LogP contribution < -0.4 is 10.2 Å². The number of benzene rings is 1. The SMILES string of the molecule is CC(NC(=O)CSc1nnc(N2CCCCC2)n1C1CC1)c1ccccc1. The number of anilines is 1. The van der Waals surface area contributed by atoms with Crippen LogP contribution in [0.2, 0.25) is 0 Å². The number of aromatic nitrogens is 3. The predicted molar refractivity (Wildman–Crippen MR) is 108 cm³/mol. The van der Waals surface area contributed by atoms with Crippen molar-refractivity contribution in [3.8, 4) is 0 Å². The lowest BCUT2D eigenvalue weighted by Gasteiger charge is -2.27.